The summed E-state index contributed by atoms with van der Waals surface area (Å²) in [4.78, 5) is 13.2. The topological polar surface area (TPSA) is 103 Å². The van der Waals surface area contributed by atoms with Gasteiger partial charge in [0.2, 0.25) is 15.9 Å². The van der Waals surface area contributed by atoms with E-state index in [0.29, 0.717) is 56.2 Å². The summed E-state index contributed by atoms with van der Waals surface area (Å²) in [6, 6.07) is 10.1. The summed E-state index contributed by atoms with van der Waals surface area (Å²) >= 11 is 0. The summed E-state index contributed by atoms with van der Waals surface area (Å²) in [6.45, 7) is 5.37. The second kappa shape index (κ2) is 10.7. The molecule has 1 fully saturated rings. The fourth-order valence-electron chi connectivity index (χ4n) is 4.65. The number of hydrogen-bond donors (Lipinski definition) is 1. The smallest absolute Gasteiger partial charge is 0.243 e. The highest BCUT2D eigenvalue weighted by Gasteiger charge is 2.35. The lowest BCUT2D eigenvalue weighted by Crippen LogP contribution is -2.41. The van der Waals surface area contributed by atoms with E-state index in [-0.39, 0.29) is 23.3 Å². The first-order valence-electron chi connectivity index (χ1n) is 12.0. The molecule has 1 amide bonds. The van der Waals surface area contributed by atoms with Crippen LogP contribution >= 0.6 is 0 Å². The average molecular weight is 519 g/mol. The van der Waals surface area contributed by atoms with Gasteiger partial charge in [-0.15, -0.1) is 0 Å². The number of sulfonamides is 1. The van der Waals surface area contributed by atoms with Crippen molar-refractivity contribution in [1.82, 2.24) is 9.62 Å². The van der Waals surface area contributed by atoms with Crippen LogP contribution in [0.25, 0.3) is 0 Å². The largest absolute Gasteiger partial charge is 0.497 e. The van der Waals surface area contributed by atoms with Crippen LogP contribution in [0.2, 0.25) is 0 Å². The van der Waals surface area contributed by atoms with E-state index in [0.717, 1.165) is 11.3 Å². The Balaban J connectivity index is 1.49. The second-order valence-electron chi connectivity index (χ2n) is 9.58. The molecular formula is C26H34N2O7S. The fraction of sp³-hybridized carbons (Fsp3) is 0.500. The van der Waals surface area contributed by atoms with Crippen LogP contribution in [0, 0.1) is 0 Å². The van der Waals surface area contributed by atoms with Crippen molar-refractivity contribution in [3.63, 3.8) is 0 Å². The number of carbonyl (C=O) groups is 1. The molecule has 2 aromatic carbocycles. The minimum Gasteiger partial charge on any atom is -0.497 e. The molecule has 2 aliphatic rings. The number of amides is 1. The molecule has 0 radical (unpaired) electrons. The van der Waals surface area contributed by atoms with Gasteiger partial charge in [-0.05, 0) is 62.2 Å². The fourth-order valence-corrected chi connectivity index (χ4v) is 6.11. The molecule has 0 spiro atoms. The number of aryl methyl sites for hydroxylation is 1. The Hall–Kier alpha value is -2.82. The lowest BCUT2D eigenvalue weighted by molar-refractivity contribution is -0.122. The number of nitrogens with one attached hydrogen (secondary N) is 1. The summed E-state index contributed by atoms with van der Waals surface area (Å²) in [5.41, 5.74) is 1.10. The van der Waals surface area contributed by atoms with Crippen LogP contribution in [-0.2, 0) is 26.0 Å². The number of morpholine rings is 1. The number of rotatable bonds is 8. The minimum atomic E-state index is -3.65. The van der Waals surface area contributed by atoms with Gasteiger partial charge in [0.15, 0.2) is 0 Å². The monoisotopic (exact) mass is 518 g/mol. The third kappa shape index (κ3) is 5.77. The Kier molecular flexibility index (Phi) is 7.77. The van der Waals surface area contributed by atoms with E-state index in [1.807, 2.05) is 32.0 Å². The molecule has 2 heterocycles. The Bertz CT molecular complexity index is 1210. The molecule has 1 saturated heterocycles. The molecule has 36 heavy (non-hydrogen) atoms. The summed E-state index contributed by atoms with van der Waals surface area (Å²) in [5.74, 6) is 1.82. The predicted octanol–water partition coefficient (Wildman–Crippen LogP) is 3.08. The van der Waals surface area contributed by atoms with Gasteiger partial charge in [-0.1, -0.05) is 0 Å². The normalized spacial score (nSPS) is 19.6. The van der Waals surface area contributed by atoms with E-state index >= 15 is 0 Å². The van der Waals surface area contributed by atoms with Gasteiger partial charge < -0.3 is 24.3 Å². The number of nitrogens with zero attached hydrogens (tertiary/aromatic N) is 1. The standard InChI is InChI=1S/C26H34N2O7S/c1-26(2)17-22(21-16-19(32-3)6-8-24(21)35-26)27-25(29)10-5-18-15-20(7-9-23(18)33-4)36(30,31)28-11-13-34-14-12-28/h6-9,15-16,22H,5,10-14,17H2,1-4H3,(H,27,29)/t22-/m0/s1. The number of methoxy groups -OCH3 is 2. The van der Waals surface area contributed by atoms with Crippen LogP contribution in [0.4, 0.5) is 0 Å². The molecule has 4 rings (SSSR count). The maximum Gasteiger partial charge on any atom is 0.243 e. The van der Waals surface area contributed by atoms with Gasteiger partial charge in [-0.2, -0.15) is 4.31 Å². The van der Waals surface area contributed by atoms with Crippen LogP contribution < -0.4 is 19.5 Å². The highest BCUT2D eigenvalue weighted by Crippen LogP contribution is 2.41. The van der Waals surface area contributed by atoms with Gasteiger partial charge in [-0.25, -0.2) is 8.42 Å². The highest BCUT2D eigenvalue weighted by atomic mass is 32.2. The summed E-state index contributed by atoms with van der Waals surface area (Å²) < 4.78 is 49.8. The van der Waals surface area contributed by atoms with Crippen molar-refractivity contribution < 1.29 is 32.2 Å². The first-order chi connectivity index (χ1) is 17.1. The van der Waals surface area contributed by atoms with E-state index in [1.165, 1.54) is 11.4 Å². The Morgan fingerprint density at radius 2 is 1.86 bits per heavy atom. The number of hydrogen-bond acceptors (Lipinski definition) is 7. The Labute approximate surface area is 212 Å². The van der Waals surface area contributed by atoms with Gasteiger partial charge in [0.25, 0.3) is 0 Å². The van der Waals surface area contributed by atoms with Crippen molar-refractivity contribution in [3.05, 3.63) is 47.5 Å². The zero-order valence-electron chi connectivity index (χ0n) is 21.2. The molecule has 10 heteroatoms. The maximum absolute atomic E-state index is 13.1. The van der Waals surface area contributed by atoms with Gasteiger partial charge in [0.1, 0.15) is 22.8 Å². The lowest BCUT2D eigenvalue weighted by Gasteiger charge is -2.38. The molecule has 0 aromatic heterocycles. The molecule has 0 saturated carbocycles. The van der Waals surface area contributed by atoms with Gasteiger partial charge in [0, 0.05) is 31.5 Å². The molecule has 0 aliphatic carbocycles. The molecule has 2 aromatic rings. The Morgan fingerprint density at radius 1 is 1.11 bits per heavy atom. The molecule has 196 valence electrons. The average Bonchev–Trinajstić information content (AvgIpc) is 2.87. The van der Waals surface area contributed by atoms with Crippen molar-refractivity contribution >= 4 is 15.9 Å². The van der Waals surface area contributed by atoms with E-state index in [2.05, 4.69) is 5.32 Å². The van der Waals surface area contributed by atoms with Crippen molar-refractivity contribution in [1.29, 1.82) is 0 Å². The molecular weight excluding hydrogens is 484 g/mol. The Morgan fingerprint density at radius 3 is 2.56 bits per heavy atom. The summed E-state index contributed by atoms with van der Waals surface area (Å²) in [6.07, 6.45) is 1.11. The molecule has 0 unspecified atom stereocenters. The first-order valence-corrected chi connectivity index (χ1v) is 13.5. The predicted molar refractivity (Wildman–Crippen MR) is 134 cm³/mol. The SMILES string of the molecule is COc1ccc2c(c1)[C@@H](NC(=O)CCc1cc(S(=O)(=O)N3CCOCC3)ccc1OC)CC(C)(C)O2. The lowest BCUT2D eigenvalue weighted by atomic mass is 9.89. The van der Waals surface area contributed by atoms with E-state index < -0.39 is 15.6 Å². The minimum absolute atomic E-state index is 0.144. The van der Waals surface area contributed by atoms with Gasteiger partial charge in [0.05, 0.1) is 38.4 Å². The molecule has 2 aliphatic heterocycles. The molecule has 1 N–H and O–H groups in total. The summed E-state index contributed by atoms with van der Waals surface area (Å²) in [5, 5.41) is 3.13. The summed E-state index contributed by atoms with van der Waals surface area (Å²) in [7, 11) is -0.520. The second-order valence-corrected chi connectivity index (χ2v) is 11.5. The van der Waals surface area contributed by atoms with Gasteiger partial charge in [-0.3, -0.25) is 4.79 Å². The van der Waals surface area contributed by atoms with Crippen LogP contribution in [0.15, 0.2) is 41.3 Å². The number of ether oxygens (including phenoxy) is 4. The molecule has 9 nitrogen and oxygen atoms in total. The molecule has 0 bridgehead atoms. The third-order valence-corrected chi connectivity index (χ3v) is 8.39. The van der Waals surface area contributed by atoms with Crippen LogP contribution in [0.1, 0.15) is 43.9 Å². The van der Waals surface area contributed by atoms with Crippen molar-refractivity contribution in [3.8, 4) is 17.2 Å². The number of carbonyl (C=O) groups excluding carboxylic acids is 1. The van der Waals surface area contributed by atoms with Crippen LogP contribution in [0.3, 0.4) is 0 Å². The van der Waals surface area contributed by atoms with E-state index in [9.17, 15) is 13.2 Å². The van der Waals surface area contributed by atoms with Gasteiger partial charge >= 0.3 is 0 Å². The van der Waals surface area contributed by atoms with Crippen molar-refractivity contribution in [2.24, 2.45) is 0 Å². The first kappa shape index (κ1) is 26.2. The van der Waals surface area contributed by atoms with Crippen LogP contribution in [0.5, 0.6) is 17.2 Å². The van der Waals surface area contributed by atoms with Crippen LogP contribution in [-0.4, -0.2) is 64.8 Å². The quantitative estimate of drug-likeness (QED) is 0.573. The maximum atomic E-state index is 13.1. The third-order valence-electron chi connectivity index (χ3n) is 6.49. The van der Waals surface area contributed by atoms with Crippen molar-refractivity contribution in [2.45, 2.75) is 49.6 Å². The molecule has 1 atom stereocenters. The van der Waals surface area contributed by atoms with E-state index in [4.69, 9.17) is 18.9 Å². The number of benzene rings is 2. The number of fused-ring (bicyclic) bond motifs is 1. The van der Waals surface area contributed by atoms with Crippen molar-refractivity contribution in [2.75, 3.05) is 40.5 Å². The zero-order chi connectivity index (χ0) is 25.9. The van der Waals surface area contributed by atoms with E-state index in [1.54, 1.807) is 25.3 Å². The zero-order valence-corrected chi connectivity index (χ0v) is 22.0. The highest BCUT2D eigenvalue weighted by molar-refractivity contribution is 7.89.